The van der Waals surface area contributed by atoms with Gasteiger partial charge in [0.05, 0.1) is 12.8 Å². The Morgan fingerprint density at radius 3 is 2.12 bits per heavy atom. The molecule has 0 aliphatic carbocycles. The van der Waals surface area contributed by atoms with E-state index in [1.807, 2.05) is 75.4 Å². The molecule has 4 amide bonds. The first-order valence-electron chi connectivity index (χ1n) is 14.2. The predicted molar refractivity (Wildman–Crippen MR) is 164 cm³/mol. The molecule has 0 unspecified atom stereocenters. The molecule has 3 rings (SSSR count). The van der Waals surface area contributed by atoms with Crippen molar-refractivity contribution in [3.05, 3.63) is 95.6 Å². The van der Waals surface area contributed by atoms with Gasteiger partial charge in [0.2, 0.25) is 11.8 Å². The van der Waals surface area contributed by atoms with Crippen LogP contribution in [0, 0.1) is 12.8 Å². The maximum atomic E-state index is 13.6. The molecule has 4 N–H and O–H groups in total. The summed E-state index contributed by atoms with van der Waals surface area (Å²) in [5.74, 6) is -1.45. The second-order valence-corrected chi connectivity index (χ2v) is 10.7. The number of urea groups is 1. The third-order valence-electron chi connectivity index (χ3n) is 6.73. The monoisotopic (exact) mass is 572 g/mol. The molecule has 0 saturated carbocycles. The summed E-state index contributed by atoms with van der Waals surface area (Å²) in [5.41, 5.74) is 4.01. The van der Waals surface area contributed by atoms with Crippen molar-refractivity contribution in [1.82, 2.24) is 10.2 Å². The van der Waals surface area contributed by atoms with Gasteiger partial charge in [-0.05, 0) is 60.6 Å². The maximum Gasteiger partial charge on any atom is 0.323 e. The summed E-state index contributed by atoms with van der Waals surface area (Å²) in [6.07, 6.45) is 0.888. The molecule has 0 fully saturated rings. The van der Waals surface area contributed by atoms with E-state index in [2.05, 4.69) is 16.0 Å². The molecule has 3 aromatic rings. The van der Waals surface area contributed by atoms with E-state index in [1.165, 1.54) is 4.90 Å². The van der Waals surface area contributed by atoms with Crippen molar-refractivity contribution in [2.24, 2.45) is 5.92 Å². The number of hydrogen-bond acceptors (Lipinski definition) is 4. The van der Waals surface area contributed by atoms with Crippen molar-refractivity contribution >= 4 is 35.2 Å². The quantitative estimate of drug-likeness (QED) is 0.210. The van der Waals surface area contributed by atoms with E-state index in [0.29, 0.717) is 25.1 Å². The van der Waals surface area contributed by atoms with Gasteiger partial charge >= 0.3 is 12.0 Å². The number of nitrogens with one attached hydrogen (secondary N) is 3. The number of aryl methyl sites for hydroxylation is 1. The largest absolute Gasteiger partial charge is 0.481 e. The average Bonchev–Trinajstić information content (AvgIpc) is 2.95. The van der Waals surface area contributed by atoms with Gasteiger partial charge in [0, 0.05) is 24.5 Å². The molecule has 0 heterocycles. The Morgan fingerprint density at radius 1 is 0.810 bits per heavy atom. The van der Waals surface area contributed by atoms with Gasteiger partial charge in [0.25, 0.3) is 0 Å². The number of carboxylic acids is 1. The summed E-state index contributed by atoms with van der Waals surface area (Å²) in [6, 6.07) is 23.0. The maximum absolute atomic E-state index is 13.6. The number of hydrogen-bond donors (Lipinski definition) is 4. The van der Waals surface area contributed by atoms with E-state index in [0.717, 1.165) is 22.4 Å². The molecular weight excluding hydrogens is 532 g/mol. The third kappa shape index (κ3) is 10.7. The van der Waals surface area contributed by atoms with E-state index < -0.39 is 12.0 Å². The minimum Gasteiger partial charge on any atom is -0.481 e. The van der Waals surface area contributed by atoms with Gasteiger partial charge in [0.15, 0.2) is 0 Å². The van der Waals surface area contributed by atoms with Crippen LogP contribution in [0.15, 0.2) is 78.9 Å². The standard InChI is InChI=1S/C33H40N4O5/c1-23(2)21-29(32(41)37(20-18-31(39)40)19-17-25-10-5-4-6-11-25)35-30(38)22-26-13-15-27(16-14-26)34-33(42)36-28-12-8-7-9-24(28)3/h4-16,23,29H,17-22H2,1-3H3,(H,35,38)(H,39,40)(H2,34,36,42)/t29-/m0/s1. The molecule has 0 spiro atoms. The van der Waals surface area contributed by atoms with Crippen molar-refractivity contribution in [3.8, 4) is 0 Å². The SMILES string of the molecule is Cc1ccccc1NC(=O)Nc1ccc(CC(=O)N[C@@H](CC(C)C)C(=O)N(CCC(=O)O)CCc2ccccc2)cc1. The molecule has 222 valence electrons. The van der Waals surface area contributed by atoms with Gasteiger partial charge in [-0.15, -0.1) is 0 Å². The Hall–Kier alpha value is -4.66. The van der Waals surface area contributed by atoms with Gasteiger partial charge in [-0.1, -0.05) is 74.5 Å². The topological polar surface area (TPSA) is 128 Å². The molecule has 1 atom stereocenters. The zero-order chi connectivity index (χ0) is 30.5. The second kappa shape index (κ2) is 16.0. The predicted octanol–water partition coefficient (Wildman–Crippen LogP) is 5.26. The molecule has 3 aromatic carbocycles. The lowest BCUT2D eigenvalue weighted by atomic mass is 10.0. The summed E-state index contributed by atoms with van der Waals surface area (Å²) < 4.78 is 0. The molecule has 0 aliphatic rings. The highest BCUT2D eigenvalue weighted by Gasteiger charge is 2.27. The minimum absolute atomic E-state index is 0.0523. The number of carbonyl (C=O) groups excluding carboxylic acids is 3. The fourth-order valence-electron chi connectivity index (χ4n) is 4.52. The normalized spacial score (nSPS) is 11.4. The van der Waals surface area contributed by atoms with Crippen LogP contribution in [0.5, 0.6) is 0 Å². The molecule has 9 nitrogen and oxygen atoms in total. The lowest BCUT2D eigenvalue weighted by Crippen LogP contribution is -2.50. The zero-order valence-corrected chi connectivity index (χ0v) is 24.4. The van der Waals surface area contributed by atoms with Crippen molar-refractivity contribution < 1.29 is 24.3 Å². The van der Waals surface area contributed by atoms with Crippen LogP contribution in [0.2, 0.25) is 0 Å². The number of carbonyl (C=O) groups is 4. The zero-order valence-electron chi connectivity index (χ0n) is 24.4. The fourth-order valence-corrected chi connectivity index (χ4v) is 4.52. The third-order valence-corrected chi connectivity index (χ3v) is 6.73. The van der Waals surface area contributed by atoms with Gasteiger partial charge < -0.3 is 26.0 Å². The molecular formula is C33H40N4O5. The number of nitrogens with zero attached hydrogens (tertiary/aromatic N) is 1. The van der Waals surface area contributed by atoms with Crippen LogP contribution < -0.4 is 16.0 Å². The average molecular weight is 573 g/mol. The lowest BCUT2D eigenvalue weighted by molar-refractivity contribution is -0.140. The van der Waals surface area contributed by atoms with Crippen LogP contribution in [-0.2, 0) is 27.2 Å². The molecule has 0 bridgehead atoms. The summed E-state index contributed by atoms with van der Waals surface area (Å²) in [6.45, 7) is 6.27. The van der Waals surface area contributed by atoms with E-state index in [9.17, 15) is 24.3 Å². The highest BCUT2D eigenvalue weighted by Crippen LogP contribution is 2.16. The van der Waals surface area contributed by atoms with Crippen molar-refractivity contribution in [1.29, 1.82) is 0 Å². The summed E-state index contributed by atoms with van der Waals surface area (Å²) >= 11 is 0. The van der Waals surface area contributed by atoms with Crippen LogP contribution in [0.3, 0.4) is 0 Å². The van der Waals surface area contributed by atoms with E-state index in [4.69, 9.17) is 0 Å². The molecule has 0 saturated heterocycles. The molecule has 0 aromatic heterocycles. The van der Waals surface area contributed by atoms with Crippen molar-refractivity contribution in [2.45, 2.75) is 52.5 Å². The smallest absolute Gasteiger partial charge is 0.323 e. The summed E-state index contributed by atoms with van der Waals surface area (Å²) in [5, 5.41) is 17.7. The Balaban J connectivity index is 1.60. The molecule has 9 heteroatoms. The van der Waals surface area contributed by atoms with E-state index in [1.54, 1.807) is 24.3 Å². The van der Waals surface area contributed by atoms with Crippen molar-refractivity contribution in [2.75, 3.05) is 23.7 Å². The highest BCUT2D eigenvalue weighted by molar-refractivity contribution is 6.00. The Bertz CT molecular complexity index is 1340. The molecule has 0 aliphatic heterocycles. The van der Waals surface area contributed by atoms with Crippen LogP contribution in [0.1, 0.15) is 43.4 Å². The van der Waals surface area contributed by atoms with Crippen LogP contribution in [0.25, 0.3) is 0 Å². The number of benzene rings is 3. The number of amides is 4. The van der Waals surface area contributed by atoms with Gasteiger partial charge in [0.1, 0.15) is 6.04 Å². The number of aliphatic carboxylic acids is 1. The van der Waals surface area contributed by atoms with Crippen molar-refractivity contribution in [3.63, 3.8) is 0 Å². The van der Waals surface area contributed by atoms with Gasteiger partial charge in [-0.3, -0.25) is 14.4 Å². The molecule has 42 heavy (non-hydrogen) atoms. The van der Waals surface area contributed by atoms with E-state index in [-0.39, 0.29) is 43.1 Å². The Kier molecular flexibility index (Phi) is 12.1. The van der Waals surface area contributed by atoms with Crippen LogP contribution >= 0.6 is 0 Å². The van der Waals surface area contributed by atoms with Gasteiger partial charge in [-0.25, -0.2) is 4.79 Å². The number of para-hydroxylation sites is 1. The van der Waals surface area contributed by atoms with Crippen LogP contribution in [-0.4, -0.2) is 53.0 Å². The second-order valence-electron chi connectivity index (χ2n) is 10.7. The number of anilines is 2. The number of carboxylic acid groups (broad SMARTS) is 1. The minimum atomic E-state index is -0.984. The van der Waals surface area contributed by atoms with E-state index >= 15 is 0 Å². The number of rotatable bonds is 14. The first-order chi connectivity index (χ1) is 20.1. The fraction of sp³-hybridized carbons (Fsp3) is 0.333. The first-order valence-corrected chi connectivity index (χ1v) is 14.2. The Morgan fingerprint density at radius 2 is 1.48 bits per heavy atom. The molecule has 0 radical (unpaired) electrons. The van der Waals surface area contributed by atoms with Gasteiger partial charge in [-0.2, -0.15) is 0 Å². The Labute approximate surface area is 247 Å². The summed E-state index contributed by atoms with van der Waals surface area (Å²) in [7, 11) is 0. The highest BCUT2D eigenvalue weighted by atomic mass is 16.4. The first kappa shape index (κ1) is 31.9. The summed E-state index contributed by atoms with van der Waals surface area (Å²) in [4.78, 5) is 51.8. The lowest BCUT2D eigenvalue weighted by Gasteiger charge is -2.28. The van der Waals surface area contributed by atoms with Crippen LogP contribution in [0.4, 0.5) is 16.2 Å².